The van der Waals surface area contributed by atoms with Crippen LogP contribution in [0.1, 0.15) is 23.9 Å². The van der Waals surface area contributed by atoms with Crippen LogP contribution in [-0.4, -0.2) is 11.6 Å². The van der Waals surface area contributed by atoms with Crippen LogP contribution in [-0.2, 0) is 0 Å². The van der Waals surface area contributed by atoms with Crippen LogP contribution in [0.2, 0.25) is 0 Å². The van der Waals surface area contributed by atoms with E-state index in [1.807, 2.05) is 54.6 Å². The minimum atomic E-state index is 0.568. The molecule has 0 saturated heterocycles. The monoisotopic (exact) mass is 320 g/mol. The fourth-order valence-corrected chi connectivity index (χ4v) is 3.14. The number of fused-ring (bicyclic) bond motifs is 1. The van der Waals surface area contributed by atoms with E-state index in [1.54, 1.807) is 0 Å². The average Bonchev–Trinajstić information content (AvgIpc) is 3.02. The van der Waals surface area contributed by atoms with Crippen molar-refractivity contribution in [3.05, 3.63) is 59.1 Å². The molecule has 114 valence electrons. The predicted octanol–water partition coefficient (Wildman–Crippen LogP) is 5.15. The van der Waals surface area contributed by atoms with Gasteiger partial charge in [-0.1, -0.05) is 31.2 Å². The first kappa shape index (κ1) is 15.3. The van der Waals surface area contributed by atoms with Gasteiger partial charge < -0.3 is 4.74 Å². The van der Waals surface area contributed by atoms with E-state index in [-0.39, 0.29) is 0 Å². The molecule has 0 aliphatic rings. The molecule has 0 amide bonds. The van der Waals surface area contributed by atoms with Gasteiger partial charge in [-0.3, -0.25) is 0 Å². The van der Waals surface area contributed by atoms with Crippen LogP contribution in [0.25, 0.3) is 21.9 Å². The van der Waals surface area contributed by atoms with Crippen LogP contribution in [0.15, 0.2) is 48.5 Å². The lowest BCUT2D eigenvalue weighted by molar-refractivity contribution is 0.317. The van der Waals surface area contributed by atoms with Gasteiger partial charge in [-0.2, -0.15) is 5.26 Å². The van der Waals surface area contributed by atoms with E-state index in [9.17, 15) is 5.26 Å². The second-order valence-corrected chi connectivity index (χ2v) is 6.11. The third kappa shape index (κ3) is 3.58. The van der Waals surface area contributed by atoms with Crippen LogP contribution >= 0.6 is 11.3 Å². The SMILES string of the molecule is CCCOc1cccc(/C=C(/C#N)c2nc3ccccc3s2)c1. The summed E-state index contributed by atoms with van der Waals surface area (Å²) in [6.07, 6.45) is 2.83. The summed E-state index contributed by atoms with van der Waals surface area (Å²) in [6, 6.07) is 17.9. The molecular weight excluding hydrogens is 304 g/mol. The van der Waals surface area contributed by atoms with Gasteiger partial charge in [0.25, 0.3) is 0 Å². The largest absolute Gasteiger partial charge is 0.494 e. The summed E-state index contributed by atoms with van der Waals surface area (Å²) in [6.45, 7) is 2.76. The van der Waals surface area contributed by atoms with Crippen LogP contribution in [0, 0.1) is 11.3 Å². The van der Waals surface area contributed by atoms with Gasteiger partial charge in [0.2, 0.25) is 0 Å². The van der Waals surface area contributed by atoms with Gasteiger partial charge in [-0.05, 0) is 42.3 Å². The van der Waals surface area contributed by atoms with Gasteiger partial charge in [0.05, 0.1) is 22.4 Å². The van der Waals surface area contributed by atoms with E-state index in [0.717, 1.165) is 33.0 Å². The molecule has 0 aliphatic carbocycles. The molecule has 0 spiro atoms. The zero-order valence-electron chi connectivity index (χ0n) is 12.8. The second-order valence-electron chi connectivity index (χ2n) is 5.08. The summed E-state index contributed by atoms with van der Waals surface area (Å²) in [5, 5.41) is 10.2. The fourth-order valence-electron chi connectivity index (χ4n) is 2.21. The van der Waals surface area contributed by atoms with Gasteiger partial charge in [-0.25, -0.2) is 4.98 Å². The lowest BCUT2D eigenvalue weighted by Crippen LogP contribution is -1.94. The molecule has 0 bridgehead atoms. The Morgan fingerprint density at radius 1 is 1.26 bits per heavy atom. The molecule has 0 N–H and O–H groups in total. The molecule has 3 aromatic rings. The maximum absolute atomic E-state index is 9.49. The number of hydrogen-bond donors (Lipinski definition) is 0. The number of thiazole rings is 1. The van der Waals surface area contributed by atoms with Crippen molar-refractivity contribution < 1.29 is 4.74 Å². The number of para-hydroxylation sites is 1. The molecule has 2 aromatic carbocycles. The lowest BCUT2D eigenvalue weighted by atomic mass is 10.1. The highest BCUT2D eigenvalue weighted by molar-refractivity contribution is 7.19. The zero-order valence-corrected chi connectivity index (χ0v) is 13.6. The molecule has 3 nitrogen and oxygen atoms in total. The Balaban J connectivity index is 1.94. The van der Waals surface area contributed by atoms with E-state index in [0.29, 0.717) is 12.2 Å². The molecule has 0 atom stereocenters. The quantitative estimate of drug-likeness (QED) is 0.611. The first-order valence-electron chi connectivity index (χ1n) is 7.51. The van der Waals surface area contributed by atoms with Crippen LogP contribution in [0.5, 0.6) is 5.75 Å². The standard InChI is InChI=1S/C19H16N2OS/c1-2-10-22-16-7-5-6-14(12-16)11-15(13-20)19-21-17-8-3-4-9-18(17)23-19/h3-9,11-12H,2,10H2,1H3/b15-11-. The Morgan fingerprint density at radius 3 is 2.91 bits per heavy atom. The van der Waals surface area contributed by atoms with Crippen molar-refractivity contribution in [3.8, 4) is 11.8 Å². The van der Waals surface area contributed by atoms with Crippen LogP contribution < -0.4 is 4.74 Å². The molecule has 4 heteroatoms. The first-order chi connectivity index (χ1) is 11.3. The first-order valence-corrected chi connectivity index (χ1v) is 8.32. The Hall–Kier alpha value is -2.64. The average molecular weight is 320 g/mol. The van der Waals surface area contributed by atoms with E-state index in [1.165, 1.54) is 11.3 Å². The van der Waals surface area contributed by atoms with Gasteiger partial charge in [0, 0.05) is 0 Å². The third-order valence-electron chi connectivity index (χ3n) is 3.29. The fraction of sp³-hybridized carbons (Fsp3) is 0.158. The maximum Gasteiger partial charge on any atom is 0.135 e. The van der Waals surface area contributed by atoms with Crippen molar-refractivity contribution in [2.45, 2.75) is 13.3 Å². The molecule has 1 heterocycles. The van der Waals surface area contributed by atoms with Gasteiger partial charge in [-0.15, -0.1) is 11.3 Å². The Morgan fingerprint density at radius 2 is 2.13 bits per heavy atom. The lowest BCUT2D eigenvalue weighted by Gasteiger charge is -2.05. The third-order valence-corrected chi connectivity index (χ3v) is 4.36. The van der Waals surface area contributed by atoms with E-state index < -0.39 is 0 Å². The van der Waals surface area contributed by atoms with Crippen LogP contribution in [0.3, 0.4) is 0 Å². The van der Waals surface area contributed by atoms with Crippen molar-refractivity contribution in [2.75, 3.05) is 6.61 Å². The molecule has 0 radical (unpaired) electrons. The molecular formula is C19H16N2OS. The molecule has 0 fully saturated rings. The molecule has 23 heavy (non-hydrogen) atoms. The number of ether oxygens (including phenoxy) is 1. The van der Waals surface area contributed by atoms with Crippen molar-refractivity contribution in [1.82, 2.24) is 4.98 Å². The normalized spacial score (nSPS) is 11.4. The summed E-state index contributed by atoms with van der Waals surface area (Å²) in [7, 11) is 0. The smallest absolute Gasteiger partial charge is 0.135 e. The van der Waals surface area contributed by atoms with Crippen molar-refractivity contribution in [1.29, 1.82) is 5.26 Å². The minimum Gasteiger partial charge on any atom is -0.494 e. The number of hydrogen-bond acceptors (Lipinski definition) is 4. The number of nitrogens with zero attached hydrogens (tertiary/aromatic N) is 2. The number of benzene rings is 2. The van der Waals surface area contributed by atoms with Crippen molar-refractivity contribution in [2.24, 2.45) is 0 Å². The highest BCUT2D eigenvalue weighted by Gasteiger charge is 2.08. The molecule has 3 rings (SSSR count). The number of allylic oxidation sites excluding steroid dienone is 1. The molecule has 0 unspecified atom stereocenters. The van der Waals surface area contributed by atoms with Gasteiger partial charge in [0.15, 0.2) is 0 Å². The summed E-state index contributed by atoms with van der Waals surface area (Å²) in [5.74, 6) is 0.821. The number of nitriles is 1. The van der Waals surface area contributed by atoms with E-state index >= 15 is 0 Å². The zero-order chi connectivity index (χ0) is 16.1. The minimum absolute atomic E-state index is 0.568. The van der Waals surface area contributed by atoms with Crippen molar-refractivity contribution >= 4 is 33.2 Å². The summed E-state index contributed by atoms with van der Waals surface area (Å²) >= 11 is 1.53. The van der Waals surface area contributed by atoms with Gasteiger partial charge in [0.1, 0.15) is 16.8 Å². The van der Waals surface area contributed by atoms with Crippen LogP contribution in [0.4, 0.5) is 0 Å². The summed E-state index contributed by atoms with van der Waals surface area (Å²) in [5.41, 5.74) is 2.43. The van der Waals surface area contributed by atoms with Gasteiger partial charge >= 0.3 is 0 Å². The topological polar surface area (TPSA) is 45.9 Å². The molecule has 0 aliphatic heterocycles. The van der Waals surface area contributed by atoms with Crippen molar-refractivity contribution in [3.63, 3.8) is 0 Å². The second kappa shape index (κ2) is 7.08. The summed E-state index contributed by atoms with van der Waals surface area (Å²) < 4.78 is 6.73. The van der Waals surface area contributed by atoms with E-state index in [4.69, 9.17) is 4.74 Å². The highest BCUT2D eigenvalue weighted by Crippen LogP contribution is 2.28. The summed E-state index contributed by atoms with van der Waals surface area (Å²) in [4.78, 5) is 4.55. The Bertz CT molecular complexity index is 857. The number of aromatic nitrogens is 1. The Labute approximate surface area is 139 Å². The van der Waals surface area contributed by atoms with E-state index in [2.05, 4.69) is 18.0 Å². The predicted molar refractivity (Wildman–Crippen MR) is 95.3 cm³/mol. The molecule has 1 aromatic heterocycles. The molecule has 0 saturated carbocycles. The number of rotatable bonds is 5. The highest BCUT2D eigenvalue weighted by atomic mass is 32.1. The maximum atomic E-state index is 9.49. The Kier molecular flexibility index (Phi) is 4.70.